The van der Waals surface area contributed by atoms with E-state index in [-0.39, 0.29) is 24.2 Å². The molecule has 0 N–H and O–H groups in total. The number of rotatable bonds is 5. The van der Waals surface area contributed by atoms with E-state index in [2.05, 4.69) is 11.0 Å². The molecular weight excluding hydrogens is 345 g/mol. The van der Waals surface area contributed by atoms with Gasteiger partial charge < -0.3 is 9.64 Å². The molecule has 27 heavy (non-hydrogen) atoms. The van der Waals surface area contributed by atoms with Crippen molar-refractivity contribution in [2.24, 2.45) is 0 Å². The molecule has 6 heteroatoms. The standard InChI is InChI=1S/C21H22FN3O2/c1-27-19-7-5-17(6-8-19)20(15-23)24-9-11-25(12-10-24)21(26)14-16-3-2-4-18(22)13-16/h2-8,13,20H,9-12,14H2,1H3. The first kappa shape index (κ1) is 18.9. The van der Waals surface area contributed by atoms with Crippen LogP contribution in [-0.2, 0) is 11.2 Å². The Morgan fingerprint density at radius 1 is 1.19 bits per heavy atom. The second-order valence-electron chi connectivity index (χ2n) is 6.53. The summed E-state index contributed by atoms with van der Waals surface area (Å²) in [7, 11) is 1.61. The van der Waals surface area contributed by atoms with Gasteiger partial charge in [-0.15, -0.1) is 0 Å². The Morgan fingerprint density at radius 3 is 2.48 bits per heavy atom. The van der Waals surface area contributed by atoms with Crippen molar-refractivity contribution >= 4 is 5.91 Å². The Kier molecular flexibility index (Phi) is 6.05. The second-order valence-corrected chi connectivity index (χ2v) is 6.53. The Hall–Kier alpha value is -2.91. The van der Waals surface area contributed by atoms with Crippen LogP contribution in [0.15, 0.2) is 48.5 Å². The molecule has 0 saturated carbocycles. The minimum absolute atomic E-state index is 0.0156. The summed E-state index contributed by atoms with van der Waals surface area (Å²) in [5.41, 5.74) is 1.59. The van der Waals surface area contributed by atoms with E-state index in [0.717, 1.165) is 11.3 Å². The van der Waals surface area contributed by atoms with Gasteiger partial charge in [0.05, 0.1) is 19.6 Å². The number of nitrogens with zero attached hydrogens (tertiary/aromatic N) is 3. The molecule has 2 aromatic carbocycles. The smallest absolute Gasteiger partial charge is 0.227 e. The number of amides is 1. The molecule has 3 rings (SSSR count). The van der Waals surface area contributed by atoms with Gasteiger partial charge in [-0.05, 0) is 35.4 Å². The zero-order valence-electron chi connectivity index (χ0n) is 15.3. The molecule has 0 spiro atoms. The highest BCUT2D eigenvalue weighted by molar-refractivity contribution is 5.78. The summed E-state index contributed by atoms with van der Waals surface area (Å²) in [5.74, 6) is 0.405. The minimum Gasteiger partial charge on any atom is -0.497 e. The molecule has 1 aliphatic heterocycles. The zero-order chi connectivity index (χ0) is 19.2. The van der Waals surface area contributed by atoms with Crippen LogP contribution in [0.4, 0.5) is 4.39 Å². The highest BCUT2D eigenvalue weighted by atomic mass is 19.1. The molecule has 1 amide bonds. The van der Waals surface area contributed by atoms with Crippen molar-refractivity contribution < 1.29 is 13.9 Å². The summed E-state index contributed by atoms with van der Waals surface area (Å²) >= 11 is 0. The van der Waals surface area contributed by atoms with Gasteiger partial charge in [-0.3, -0.25) is 9.69 Å². The molecule has 1 unspecified atom stereocenters. The van der Waals surface area contributed by atoms with Gasteiger partial charge in [0.1, 0.15) is 17.6 Å². The SMILES string of the molecule is COc1ccc(C(C#N)N2CCN(C(=O)Cc3cccc(F)c3)CC2)cc1. The Bertz CT molecular complexity index is 824. The van der Waals surface area contributed by atoms with E-state index in [4.69, 9.17) is 4.74 Å². The van der Waals surface area contributed by atoms with Crippen LogP contribution < -0.4 is 4.74 Å². The van der Waals surface area contributed by atoms with Crippen molar-refractivity contribution in [2.45, 2.75) is 12.5 Å². The predicted octanol–water partition coefficient (Wildman–Crippen LogP) is 2.79. The third kappa shape index (κ3) is 4.63. The van der Waals surface area contributed by atoms with Gasteiger partial charge in [-0.2, -0.15) is 5.26 Å². The van der Waals surface area contributed by atoms with Crippen LogP contribution in [0.5, 0.6) is 5.75 Å². The fraction of sp³-hybridized carbons (Fsp3) is 0.333. The lowest BCUT2D eigenvalue weighted by Gasteiger charge is -2.37. The van der Waals surface area contributed by atoms with Gasteiger partial charge in [0, 0.05) is 26.2 Å². The van der Waals surface area contributed by atoms with Crippen LogP contribution in [0.3, 0.4) is 0 Å². The van der Waals surface area contributed by atoms with Gasteiger partial charge in [0.25, 0.3) is 0 Å². The van der Waals surface area contributed by atoms with Crippen LogP contribution in [0.2, 0.25) is 0 Å². The van der Waals surface area contributed by atoms with Crippen molar-refractivity contribution in [1.82, 2.24) is 9.80 Å². The van der Waals surface area contributed by atoms with E-state index < -0.39 is 0 Å². The number of methoxy groups -OCH3 is 1. The summed E-state index contributed by atoms with van der Waals surface area (Å²) in [6.07, 6.45) is 0.192. The van der Waals surface area contributed by atoms with E-state index >= 15 is 0 Å². The van der Waals surface area contributed by atoms with E-state index in [1.54, 1.807) is 24.1 Å². The van der Waals surface area contributed by atoms with E-state index in [9.17, 15) is 14.4 Å². The molecule has 1 fully saturated rings. The number of carbonyl (C=O) groups is 1. The topological polar surface area (TPSA) is 56.6 Å². The molecule has 140 valence electrons. The van der Waals surface area contributed by atoms with Crippen LogP contribution in [-0.4, -0.2) is 49.0 Å². The van der Waals surface area contributed by atoms with Gasteiger partial charge in [0.2, 0.25) is 5.91 Å². The van der Waals surface area contributed by atoms with Crippen molar-refractivity contribution in [3.8, 4) is 11.8 Å². The quantitative estimate of drug-likeness (QED) is 0.815. The van der Waals surface area contributed by atoms with E-state index in [1.165, 1.54) is 12.1 Å². The number of hydrogen-bond donors (Lipinski definition) is 0. The predicted molar refractivity (Wildman–Crippen MR) is 99.6 cm³/mol. The van der Waals surface area contributed by atoms with Crippen molar-refractivity contribution in [3.05, 3.63) is 65.5 Å². The Morgan fingerprint density at radius 2 is 1.89 bits per heavy atom. The second kappa shape index (κ2) is 8.65. The lowest BCUT2D eigenvalue weighted by molar-refractivity contribution is -0.132. The Balaban J connectivity index is 1.58. The number of halogens is 1. The molecule has 0 radical (unpaired) electrons. The van der Waals surface area contributed by atoms with Gasteiger partial charge in [-0.1, -0.05) is 24.3 Å². The first-order chi connectivity index (χ1) is 13.1. The average Bonchev–Trinajstić information content (AvgIpc) is 2.69. The maximum absolute atomic E-state index is 13.3. The highest BCUT2D eigenvalue weighted by Gasteiger charge is 2.27. The molecule has 1 saturated heterocycles. The number of benzene rings is 2. The third-order valence-electron chi connectivity index (χ3n) is 4.83. The largest absolute Gasteiger partial charge is 0.497 e. The zero-order valence-corrected chi connectivity index (χ0v) is 15.3. The van der Waals surface area contributed by atoms with Crippen molar-refractivity contribution in [1.29, 1.82) is 5.26 Å². The lowest BCUT2D eigenvalue weighted by Crippen LogP contribution is -2.49. The van der Waals surface area contributed by atoms with Crippen LogP contribution >= 0.6 is 0 Å². The number of piperazine rings is 1. The molecule has 1 atom stereocenters. The fourth-order valence-electron chi connectivity index (χ4n) is 3.32. The molecule has 1 heterocycles. The van der Waals surface area contributed by atoms with Crippen molar-refractivity contribution in [3.63, 3.8) is 0 Å². The molecular formula is C21H22FN3O2. The molecule has 0 aromatic heterocycles. The lowest BCUT2D eigenvalue weighted by atomic mass is 10.1. The van der Waals surface area contributed by atoms with Gasteiger partial charge in [0.15, 0.2) is 0 Å². The monoisotopic (exact) mass is 367 g/mol. The Labute approximate surface area is 158 Å². The maximum Gasteiger partial charge on any atom is 0.227 e. The average molecular weight is 367 g/mol. The maximum atomic E-state index is 13.3. The summed E-state index contributed by atoms with van der Waals surface area (Å²) in [6, 6.07) is 15.6. The van der Waals surface area contributed by atoms with E-state index in [0.29, 0.717) is 31.7 Å². The van der Waals surface area contributed by atoms with Crippen molar-refractivity contribution in [2.75, 3.05) is 33.3 Å². The summed E-state index contributed by atoms with van der Waals surface area (Å²) in [6.45, 7) is 2.36. The number of carbonyl (C=O) groups excluding carboxylic acids is 1. The third-order valence-corrected chi connectivity index (χ3v) is 4.83. The normalized spacial score (nSPS) is 15.8. The molecule has 0 aliphatic carbocycles. The number of nitriles is 1. The minimum atomic E-state index is -0.351. The van der Waals surface area contributed by atoms with Gasteiger partial charge in [-0.25, -0.2) is 4.39 Å². The molecule has 0 bridgehead atoms. The summed E-state index contributed by atoms with van der Waals surface area (Å²) in [4.78, 5) is 16.3. The fourth-order valence-corrected chi connectivity index (χ4v) is 3.32. The van der Waals surface area contributed by atoms with Crippen LogP contribution in [0, 0.1) is 17.1 Å². The first-order valence-corrected chi connectivity index (χ1v) is 8.90. The van der Waals surface area contributed by atoms with E-state index in [1.807, 2.05) is 24.3 Å². The molecule has 1 aliphatic rings. The first-order valence-electron chi connectivity index (χ1n) is 8.90. The molecule has 5 nitrogen and oxygen atoms in total. The summed E-state index contributed by atoms with van der Waals surface area (Å²) < 4.78 is 18.4. The molecule has 2 aromatic rings. The number of hydrogen-bond acceptors (Lipinski definition) is 4. The van der Waals surface area contributed by atoms with Crippen LogP contribution in [0.1, 0.15) is 17.2 Å². The van der Waals surface area contributed by atoms with Gasteiger partial charge >= 0.3 is 0 Å². The summed E-state index contributed by atoms with van der Waals surface area (Å²) in [5, 5.41) is 9.62. The number of ether oxygens (including phenoxy) is 1. The highest BCUT2D eigenvalue weighted by Crippen LogP contribution is 2.24. The van der Waals surface area contributed by atoms with Crippen LogP contribution in [0.25, 0.3) is 0 Å².